The maximum atomic E-state index is 8.84. The highest BCUT2D eigenvalue weighted by Crippen LogP contribution is 2.37. The molecule has 0 saturated carbocycles. The summed E-state index contributed by atoms with van der Waals surface area (Å²) < 4.78 is 35.1. The third-order valence-corrected chi connectivity index (χ3v) is 5.07. The lowest BCUT2D eigenvalue weighted by Crippen LogP contribution is -2.08. The van der Waals surface area contributed by atoms with Gasteiger partial charge >= 0.3 is 0 Å². The zero-order valence-electron chi connectivity index (χ0n) is 20.8. The summed E-state index contributed by atoms with van der Waals surface area (Å²) in [5.74, 6) is -1.05. The number of aryl methyl sites for hydroxylation is 1. The molecule has 0 atom stereocenters. The molecule has 0 N–H and O–H groups in total. The number of aromatic nitrogens is 2. The molecule has 2 nitrogen and oxygen atoms in total. The molecule has 0 aliphatic carbocycles. The molecule has 28 heavy (non-hydrogen) atoms. The van der Waals surface area contributed by atoms with Gasteiger partial charge < -0.3 is 0 Å². The second-order valence-corrected chi connectivity index (χ2v) is 7.58. The first-order valence-electron chi connectivity index (χ1n) is 11.7. The minimum absolute atomic E-state index is 0.622. The van der Waals surface area contributed by atoms with Crippen LogP contribution in [-0.2, 0) is 0 Å². The SMILES string of the molecule is [2H]C([2H])c1ccc(-c2nc3ccccc3n2-c2c(C([2H])(C)C)cccc2C([2H])(C)C)cc1. The van der Waals surface area contributed by atoms with Gasteiger partial charge in [-0.15, -0.1) is 0 Å². The summed E-state index contributed by atoms with van der Waals surface area (Å²) in [5, 5.41) is 0. The largest absolute Gasteiger partial charge is 0.292 e. The van der Waals surface area contributed by atoms with Crippen molar-refractivity contribution in [3.8, 4) is 17.1 Å². The Morgan fingerprint density at radius 2 is 1.46 bits per heavy atom. The van der Waals surface area contributed by atoms with Gasteiger partial charge in [-0.05, 0) is 41.9 Å². The van der Waals surface area contributed by atoms with Crippen LogP contribution in [-0.4, -0.2) is 9.55 Å². The average molecular weight is 373 g/mol. The molecule has 0 radical (unpaired) electrons. The van der Waals surface area contributed by atoms with Crippen LogP contribution in [0.4, 0.5) is 0 Å². The molecule has 4 aromatic rings. The average Bonchev–Trinajstić information content (AvgIpc) is 3.11. The number of imidazole rings is 1. The van der Waals surface area contributed by atoms with E-state index >= 15 is 0 Å². The van der Waals surface area contributed by atoms with Gasteiger partial charge in [-0.2, -0.15) is 0 Å². The van der Waals surface area contributed by atoms with E-state index in [0.717, 1.165) is 33.4 Å². The quantitative estimate of drug-likeness (QED) is 0.369. The Hall–Kier alpha value is -2.87. The first-order chi connectivity index (χ1) is 15.0. The number of hydrogen-bond acceptors (Lipinski definition) is 1. The topological polar surface area (TPSA) is 17.8 Å². The molecular formula is C26H28N2. The lowest BCUT2D eigenvalue weighted by molar-refractivity contribution is 0.811. The fraction of sp³-hybridized carbons (Fsp3) is 0.269. The Morgan fingerprint density at radius 1 is 0.821 bits per heavy atom. The van der Waals surface area contributed by atoms with Crippen molar-refractivity contribution in [3.63, 3.8) is 0 Å². The Labute approximate surface area is 173 Å². The second-order valence-electron chi connectivity index (χ2n) is 7.58. The smallest absolute Gasteiger partial charge is 0.145 e. The van der Waals surface area contributed by atoms with Crippen LogP contribution in [0.3, 0.4) is 0 Å². The first kappa shape index (κ1) is 14.2. The second kappa shape index (κ2) is 7.27. The number of hydrogen-bond donors (Lipinski definition) is 0. The fourth-order valence-electron chi connectivity index (χ4n) is 3.67. The zero-order valence-corrected chi connectivity index (χ0v) is 16.8. The Bertz CT molecular complexity index is 1230. The van der Waals surface area contributed by atoms with Crippen LogP contribution in [0.1, 0.15) is 61.7 Å². The lowest BCUT2D eigenvalue weighted by Gasteiger charge is -2.22. The Morgan fingerprint density at radius 3 is 2.07 bits per heavy atom. The number of nitrogens with zero attached hydrogens (tertiary/aromatic N) is 2. The van der Waals surface area contributed by atoms with Gasteiger partial charge in [0.15, 0.2) is 0 Å². The van der Waals surface area contributed by atoms with Gasteiger partial charge in [-0.25, -0.2) is 4.98 Å². The van der Waals surface area contributed by atoms with Gasteiger partial charge in [0.2, 0.25) is 0 Å². The van der Waals surface area contributed by atoms with Crippen LogP contribution in [0.2, 0.25) is 0 Å². The molecule has 0 unspecified atom stereocenters. The maximum absolute atomic E-state index is 8.84. The van der Waals surface area contributed by atoms with E-state index in [1.165, 1.54) is 0 Å². The molecule has 4 rings (SSSR count). The van der Waals surface area contributed by atoms with Gasteiger partial charge in [-0.1, -0.05) is 87.9 Å². The normalized spacial score (nSPS) is 14.6. The summed E-state index contributed by atoms with van der Waals surface area (Å²) in [4.78, 5) is 4.93. The molecule has 3 aromatic carbocycles. The van der Waals surface area contributed by atoms with Crippen LogP contribution in [0.15, 0.2) is 66.7 Å². The summed E-state index contributed by atoms with van der Waals surface area (Å²) in [5.41, 5.74) is 5.69. The van der Waals surface area contributed by atoms with Crippen LogP contribution in [0, 0.1) is 6.88 Å². The number of rotatable bonds is 4. The van der Waals surface area contributed by atoms with E-state index in [1.54, 1.807) is 12.1 Å². The van der Waals surface area contributed by atoms with Crippen molar-refractivity contribution in [1.82, 2.24) is 9.55 Å². The number of fused-ring (bicyclic) bond motifs is 1. The van der Waals surface area contributed by atoms with Crippen LogP contribution in [0.5, 0.6) is 0 Å². The van der Waals surface area contributed by atoms with Gasteiger partial charge in [0, 0.05) is 11.0 Å². The van der Waals surface area contributed by atoms with E-state index in [0.29, 0.717) is 11.4 Å². The lowest BCUT2D eigenvalue weighted by atomic mass is 9.92. The van der Waals surface area contributed by atoms with Crippen LogP contribution >= 0.6 is 0 Å². The maximum Gasteiger partial charge on any atom is 0.145 e. The third kappa shape index (κ3) is 3.13. The number of para-hydroxylation sites is 3. The van der Waals surface area contributed by atoms with Crippen molar-refractivity contribution < 1.29 is 5.48 Å². The van der Waals surface area contributed by atoms with Crippen molar-refractivity contribution in [2.75, 3.05) is 0 Å². The Kier molecular flexibility index (Phi) is 3.68. The summed E-state index contributed by atoms with van der Waals surface area (Å²) in [6.45, 7) is 6.42. The van der Waals surface area contributed by atoms with E-state index in [-0.39, 0.29) is 0 Å². The molecule has 0 aliphatic rings. The molecule has 142 valence electrons. The molecule has 1 aromatic heterocycles. The van der Waals surface area contributed by atoms with Gasteiger partial charge in [0.25, 0.3) is 0 Å². The molecule has 2 heteroatoms. The van der Waals surface area contributed by atoms with Crippen molar-refractivity contribution in [2.45, 2.75) is 46.4 Å². The van der Waals surface area contributed by atoms with Crippen LogP contribution in [0.25, 0.3) is 28.1 Å². The summed E-state index contributed by atoms with van der Waals surface area (Å²) in [7, 11) is 0. The summed E-state index contributed by atoms with van der Waals surface area (Å²) in [6, 6.07) is 21.1. The fourth-order valence-corrected chi connectivity index (χ4v) is 3.67. The predicted molar refractivity (Wildman–Crippen MR) is 119 cm³/mol. The van der Waals surface area contributed by atoms with Gasteiger partial charge in [0.05, 0.1) is 16.7 Å². The van der Waals surface area contributed by atoms with E-state index in [2.05, 4.69) is 4.57 Å². The summed E-state index contributed by atoms with van der Waals surface area (Å²) >= 11 is 0. The molecule has 0 spiro atoms. The highest BCUT2D eigenvalue weighted by atomic mass is 15.1. The third-order valence-electron chi connectivity index (χ3n) is 5.07. The van der Waals surface area contributed by atoms with Crippen LogP contribution < -0.4 is 0 Å². The summed E-state index contributed by atoms with van der Waals surface area (Å²) in [6.07, 6.45) is 0. The molecule has 0 amide bonds. The molecule has 1 heterocycles. The van der Waals surface area contributed by atoms with Crippen molar-refractivity contribution >= 4 is 11.0 Å². The molecule has 0 bridgehead atoms. The van der Waals surface area contributed by atoms with E-state index in [4.69, 9.17) is 10.5 Å². The minimum Gasteiger partial charge on any atom is -0.292 e. The van der Waals surface area contributed by atoms with E-state index in [1.807, 2.05) is 82.3 Å². The minimum atomic E-state index is -1.04. The Balaban J connectivity index is 2.11. The van der Waals surface area contributed by atoms with E-state index in [9.17, 15) is 0 Å². The van der Waals surface area contributed by atoms with Crippen molar-refractivity contribution in [3.05, 3.63) is 83.4 Å². The predicted octanol–water partition coefficient (Wildman–Crippen LogP) is 7.25. The van der Waals surface area contributed by atoms with Gasteiger partial charge in [-0.3, -0.25) is 4.57 Å². The monoisotopic (exact) mass is 372 g/mol. The molecule has 0 saturated heterocycles. The highest BCUT2D eigenvalue weighted by molar-refractivity contribution is 5.84. The molecule has 0 aliphatic heterocycles. The molecular weight excluding hydrogens is 340 g/mol. The van der Waals surface area contributed by atoms with Gasteiger partial charge in [0.1, 0.15) is 5.82 Å². The number of benzene rings is 3. The van der Waals surface area contributed by atoms with E-state index < -0.39 is 18.7 Å². The van der Waals surface area contributed by atoms with Crippen molar-refractivity contribution in [2.24, 2.45) is 0 Å². The zero-order chi connectivity index (χ0) is 23.3. The highest BCUT2D eigenvalue weighted by Gasteiger charge is 2.21. The standard InChI is InChI=1S/C26H28N2/c1-17(2)21-9-8-10-22(18(3)4)25(21)28-24-12-7-6-11-23(24)27-26(28)20-15-13-19(5)14-16-20/h6-18H,1-5H3/i5D2,17D,18D. The molecule has 0 fully saturated rings. The van der Waals surface area contributed by atoms with Crippen molar-refractivity contribution in [1.29, 1.82) is 0 Å². The first-order valence-corrected chi connectivity index (χ1v) is 9.55.